The number of aromatic nitrogens is 2. The van der Waals surface area contributed by atoms with Gasteiger partial charge in [-0.05, 0) is 43.0 Å². The van der Waals surface area contributed by atoms with Gasteiger partial charge in [0.25, 0.3) is 10.2 Å². The smallest absolute Gasteiger partial charge is 0.316 e. The number of rotatable bonds is 14. The lowest BCUT2D eigenvalue weighted by atomic mass is 10.2. The van der Waals surface area contributed by atoms with Gasteiger partial charge in [0, 0.05) is 44.3 Å². The minimum absolute atomic E-state index is 0.187. The molecule has 0 saturated carbocycles. The zero-order valence-corrected chi connectivity index (χ0v) is 24.6. The van der Waals surface area contributed by atoms with Crippen molar-refractivity contribution in [2.24, 2.45) is 0 Å². The second-order valence-electron chi connectivity index (χ2n) is 9.65. The van der Waals surface area contributed by atoms with Crippen LogP contribution in [0.4, 0.5) is 5.69 Å². The van der Waals surface area contributed by atoms with Gasteiger partial charge in [-0.15, -0.1) is 13.2 Å². The van der Waals surface area contributed by atoms with Crippen molar-refractivity contribution in [1.29, 1.82) is 0 Å². The van der Waals surface area contributed by atoms with E-state index in [2.05, 4.69) is 18.3 Å². The molecule has 0 unspecified atom stereocenters. The summed E-state index contributed by atoms with van der Waals surface area (Å²) in [4.78, 5) is 15.5. The molecule has 1 fully saturated rings. The minimum atomic E-state index is -3.74. The molecule has 4 rings (SSSR count). The molecule has 0 N–H and O–H groups in total. The zero-order chi connectivity index (χ0) is 29.2. The second kappa shape index (κ2) is 14.5. The SMILES string of the molecule is C=CCCCCOc1c(N2CCN(S(=O)(=O)N(CC=C)Cc3ccccc3)CC2)cnn(-c2cccc(Cl)c2)c1=O. The van der Waals surface area contributed by atoms with Gasteiger partial charge in [-0.2, -0.15) is 26.8 Å². The van der Waals surface area contributed by atoms with E-state index in [0.717, 1.165) is 24.8 Å². The van der Waals surface area contributed by atoms with Crippen LogP contribution in [-0.4, -0.2) is 66.1 Å². The zero-order valence-electron chi connectivity index (χ0n) is 23.1. The summed E-state index contributed by atoms with van der Waals surface area (Å²) in [6.07, 6.45) is 7.57. The summed E-state index contributed by atoms with van der Waals surface area (Å²) < 4.78 is 37.4. The van der Waals surface area contributed by atoms with Crippen molar-refractivity contribution in [1.82, 2.24) is 18.4 Å². The molecule has 1 aliphatic heterocycles. The summed E-state index contributed by atoms with van der Waals surface area (Å²) in [5.74, 6) is 0.187. The molecule has 0 radical (unpaired) electrons. The van der Waals surface area contributed by atoms with E-state index in [1.807, 2.05) is 41.3 Å². The van der Waals surface area contributed by atoms with E-state index in [0.29, 0.717) is 36.1 Å². The molecule has 218 valence electrons. The van der Waals surface area contributed by atoms with Gasteiger partial charge in [0.05, 0.1) is 18.5 Å². The Morgan fingerprint density at radius 2 is 1.76 bits per heavy atom. The molecule has 9 nitrogen and oxygen atoms in total. The minimum Gasteiger partial charge on any atom is -0.486 e. The van der Waals surface area contributed by atoms with Crippen molar-refractivity contribution in [3.8, 4) is 11.4 Å². The molecule has 2 heterocycles. The van der Waals surface area contributed by atoms with E-state index < -0.39 is 15.8 Å². The third-order valence-electron chi connectivity index (χ3n) is 6.78. The van der Waals surface area contributed by atoms with E-state index in [1.165, 1.54) is 13.3 Å². The summed E-state index contributed by atoms with van der Waals surface area (Å²) in [5, 5.41) is 4.90. The molecule has 2 aromatic carbocycles. The van der Waals surface area contributed by atoms with Gasteiger partial charge in [-0.1, -0.05) is 60.2 Å². The maximum Gasteiger partial charge on any atom is 0.316 e. The fraction of sp³-hybridized carbons (Fsp3) is 0.333. The second-order valence-corrected chi connectivity index (χ2v) is 12.0. The number of halogens is 1. The number of hydrogen-bond donors (Lipinski definition) is 0. The number of anilines is 1. The average Bonchev–Trinajstić information content (AvgIpc) is 2.98. The summed E-state index contributed by atoms with van der Waals surface area (Å²) in [7, 11) is -3.74. The highest BCUT2D eigenvalue weighted by molar-refractivity contribution is 7.86. The van der Waals surface area contributed by atoms with Gasteiger partial charge in [-0.3, -0.25) is 4.79 Å². The largest absolute Gasteiger partial charge is 0.486 e. The highest BCUT2D eigenvalue weighted by Gasteiger charge is 2.33. The molecule has 1 aliphatic rings. The van der Waals surface area contributed by atoms with E-state index in [1.54, 1.807) is 36.5 Å². The van der Waals surface area contributed by atoms with Crippen LogP contribution < -0.4 is 15.2 Å². The van der Waals surface area contributed by atoms with Crippen LogP contribution in [0, 0.1) is 0 Å². The topological polar surface area (TPSA) is 88.0 Å². The Morgan fingerprint density at radius 1 is 1.00 bits per heavy atom. The van der Waals surface area contributed by atoms with Crippen molar-refractivity contribution in [2.45, 2.75) is 25.8 Å². The lowest BCUT2D eigenvalue weighted by Crippen LogP contribution is -2.53. The van der Waals surface area contributed by atoms with Crippen molar-refractivity contribution in [2.75, 3.05) is 44.2 Å². The van der Waals surface area contributed by atoms with Crippen LogP contribution in [0.2, 0.25) is 5.02 Å². The predicted octanol–water partition coefficient (Wildman–Crippen LogP) is 4.68. The normalized spacial score (nSPS) is 14.2. The lowest BCUT2D eigenvalue weighted by Gasteiger charge is -2.37. The number of allylic oxidation sites excluding steroid dienone is 1. The lowest BCUT2D eigenvalue weighted by molar-refractivity contribution is 0.298. The van der Waals surface area contributed by atoms with E-state index in [-0.39, 0.29) is 31.9 Å². The van der Waals surface area contributed by atoms with Crippen LogP contribution >= 0.6 is 11.6 Å². The molecule has 0 bridgehead atoms. The van der Waals surface area contributed by atoms with Gasteiger partial charge in [0.1, 0.15) is 5.69 Å². The number of hydrogen-bond acceptors (Lipinski definition) is 6. The summed E-state index contributed by atoms with van der Waals surface area (Å²) >= 11 is 6.16. The van der Waals surface area contributed by atoms with Crippen LogP contribution in [0.1, 0.15) is 24.8 Å². The predicted molar refractivity (Wildman–Crippen MR) is 164 cm³/mol. The number of unbranched alkanes of at least 4 members (excludes halogenated alkanes) is 2. The van der Waals surface area contributed by atoms with Gasteiger partial charge in [-0.25, -0.2) is 0 Å². The van der Waals surface area contributed by atoms with Crippen molar-refractivity contribution in [3.05, 3.63) is 107 Å². The van der Waals surface area contributed by atoms with Gasteiger partial charge >= 0.3 is 5.56 Å². The molecule has 11 heteroatoms. The Bertz CT molecular complexity index is 1490. The van der Waals surface area contributed by atoms with Gasteiger partial charge in [0.15, 0.2) is 0 Å². The first-order chi connectivity index (χ1) is 19.8. The molecule has 0 aliphatic carbocycles. The molecule has 0 amide bonds. The van der Waals surface area contributed by atoms with Crippen molar-refractivity contribution < 1.29 is 13.2 Å². The van der Waals surface area contributed by atoms with Crippen LogP contribution in [-0.2, 0) is 16.8 Å². The van der Waals surface area contributed by atoms with E-state index in [9.17, 15) is 13.2 Å². The highest BCUT2D eigenvalue weighted by atomic mass is 35.5. The fourth-order valence-corrected chi connectivity index (χ4v) is 6.38. The maximum absolute atomic E-state index is 13.6. The first-order valence-electron chi connectivity index (χ1n) is 13.6. The standard InChI is InChI=1S/C30H36ClN5O4S/c1-3-5-6-10-21-40-29-28(23-32-36(30(29)37)27-15-11-14-26(31)22-27)33-17-19-34(20-18-33)41(38,39)35(16-4-2)24-25-12-8-7-9-13-25/h3-4,7-9,11-15,22-23H,1-2,5-6,10,16-21,24H2. The Kier molecular flexibility index (Phi) is 10.8. The Morgan fingerprint density at radius 3 is 2.44 bits per heavy atom. The van der Waals surface area contributed by atoms with Crippen LogP contribution in [0.3, 0.4) is 0 Å². The van der Waals surface area contributed by atoms with Crippen molar-refractivity contribution >= 4 is 27.5 Å². The van der Waals surface area contributed by atoms with Gasteiger partial charge < -0.3 is 9.64 Å². The fourth-order valence-electron chi connectivity index (χ4n) is 4.64. The quantitative estimate of drug-likeness (QED) is 0.198. The monoisotopic (exact) mass is 597 g/mol. The Hall–Kier alpha value is -3.44. The van der Waals surface area contributed by atoms with Gasteiger partial charge in [0.2, 0.25) is 5.75 Å². The van der Waals surface area contributed by atoms with Crippen LogP contribution in [0.5, 0.6) is 5.75 Å². The Labute approximate surface area is 247 Å². The molecule has 1 aromatic heterocycles. The third-order valence-corrected chi connectivity index (χ3v) is 8.97. The number of benzene rings is 2. The first-order valence-corrected chi connectivity index (χ1v) is 15.4. The summed E-state index contributed by atoms with van der Waals surface area (Å²) in [6, 6.07) is 16.4. The summed E-state index contributed by atoms with van der Waals surface area (Å²) in [6.45, 7) is 9.57. The number of piperazine rings is 1. The molecule has 0 atom stereocenters. The Balaban J connectivity index is 1.54. The van der Waals surface area contributed by atoms with Crippen LogP contribution in [0.15, 0.2) is 90.9 Å². The first kappa shape index (κ1) is 30.5. The summed E-state index contributed by atoms with van der Waals surface area (Å²) in [5.41, 5.74) is 1.57. The van der Waals surface area contributed by atoms with Crippen molar-refractivity contribution in [3.63, 3.8) is 0 Å². The molecule has 1 saturated heterocycles. The molecular weight excluding hydrogens is 562 g/mol. The van der Waals surface area contributed by atoms with E-state index in [4.69, 9.17) is 16.3 Å². The van der Waals surface area contributed by atoms with E-state index >= 15 is 0 Å². The average molecular weight is 598 g/mol. The van der Waals surface area contributed by atoms with Crippen LogP contribution in [0.25, 0.3) is 5.69 Å². The molecule has 41 heavy (non-hydrogen) atoms. The third kappa shape index (κ3) is 7.65. The molecule has 0 spiro atoms. The number of ether oxygens (including phenoxy) is 1. The molecule has 3 aromatic rings. The highest BCUT2D eigenvalue weighted by Crippen LogP contribution is 2.27. The molecular formula is C30H36ClN5O4S. The maximum atomic E-state index is 13.6. The number of nitrogens with zero attached hydrogens (tertiary/aromatic N) is 5.